The van der Waals surface area contributed by atoms with Crippen LogP contribution in [-0.2, 0) is 0 Å². The first-order chi connectivity index (χ1) is 36.4. The Bertz CT molecular complexity index is 3420. The summed E-state index contributed by atoms with van der Waals surface area (Å²) in [7, 11) is 4.01. The number of thiazole rings is 3. The van der Waals surface area contributed by atoms with E-state index in [1.165, 1.54) is 27.3 Å². The number of hydrogen-bond donors (Lipinski definition) is 4. The van der Waals surface area contributed by atoms with Crippen molar-refractivity contribution in [2.24, 2.45) is 0 Å². The molecule has 19 heteroatoms. The normalized spacial score (nSPS) is 11.9. The number of anilines is 8. The molecule has 0 atom stereocenters. The molecule has 0 amide bonds. The van der Waals surface area contributed by atoms with E-state index in [0.29, 0.717) is 17.8 Å². The quantitative estimate of drug-likeness (QED) is 0.0856. The molecule has 75 heavy (non-hydrogen) atoms. The van der Waals surface area contributed by atoms with Crippen LogP contribution in [0.1, 0.15) is 27.1 Å². The number of nitrogens with zero attached hydrogens (tertiary/aromatic N) is 11. The van der Waals surface area contributed by atoms with Crippen LogP contribution in [0.25, 0.3) is 32.1 Å². The average Bonchev–Trinajstić information content (AvgIpc) is 4.21. The SMILES string of the molecule is Cc1cc(C)cc(Nc2nccc(-c3ncc(N(C)C)s3)n2)c1.Cc1cc(C)cc(Nc2nccc(-c3ncc(N4CCNCC4)s3)n2)c1.Cc1cnc(-c2ccnc(Nc3cccc(Oc4ccccc4)c3)n2)s1. The summed E-state index contributed by atoms with van der Waals surface area (Å²) in [4.78, 5) is 45.7. The number of piperazine rings is 1. The predicted octanol–water partition coefficient (Wildman–Crippen LogP) is 12.8. The van der Waals surface area contributed by atoms with Gasteiger partial charge in [0.05, 0.1) is 12.4 Å². The lowest BCUT2D eigenvalue weighted by atomic mass is 10.1. The molecule has 1 aliphatic heterocycles. The Kier molecular flexibility index (Phi) is 17.0. The zero-order chi connectivity index (χ0) is 52.1. The van der Waals surface area contributed by atoms with E-state index in [2.05, 4.69) is 135 Å². The van der Waals surface area contributed by atoms with E-state index in [-0.39, 0.29) is 0 Å². The van der Waals surface area contributed by atoms with Gasteiger partial charge in [0, 0.05) is 93.1 Å². The molecule has 6 aromatic heterocycles. The van der Waals surface area contributed by atoms with Gasteiger partial charge < -0.3 is 35.8 Å². The highest BCUT2D eigenvalue weighted by atomic mass is 32.1. The third-order valence-corrected chi connectivity index (χ3v) is 14.3. The largest absolute Gasteiger partial charge is 0.457 e. The Morgan fingerprint density at radius 1 is 0.493 bits per heavy atom. The van der Waals surface area contributed by atoms with Crippen LogP contribution in [-0.4, -0.2) is 85.1 Å². The third-order valence-electron chi connectivity index (χ3n) is 11.1. The van der Waals surface area contributed by atoms with Crippen LogP contribution in [0, 0.1) is 34.6 Å². The van der Waals surface area contributed by atoms with Gasteiger partial charge in [-0.15, -0.1) is 11.3 Å². The average molecular weight is 1050 g/mol. The molecule has 11 rings (SSSR count). The lowest BCUT2D eigenvalue weighted by molar-refractivity contribution is 0.483. The number of rotatable bonds is 13. The van der Waals surface area contributed by atoms with E-state index < -0.39 is 0 Å². The lowest BCUT2D eigenvalue weighted by Crippen LogP contribution is -2.43. The van der Waals surface area contributed by atoms with Crippen LogP contribution in [0.2, 0.25) is 0 Å². The van der Waals surface area contributed by atoms with E-state index in [4.69, 9.17) is 4.74 Å². The van der Waals surface area contributed by atoms with Gasteiger partial charge in [-0.1, -0.05) is 59.1 Å². The number of ether oxygens (including phenoxy) is 1. The fourth-order valence-corrected chi connectivity index (χ4v) is 10.3. The highest BCUT2D eigenvalue weighted by molar-refractivity contribution is 7.19. The van der Waals surface area contributed by atoms with Crippen molar-refractivity contribution in [2.75, 3.05) is 66.0 Å². The molecule has 1 saturated heterocycles. The fourth-order valence-electron chi connectivity index (χ4n) is 7.84. The van der Waals surface area contributed by atoms with Crippen molar-refractivity contribution in [2.45, 2.75) is 34.6 Å². The molecule has 0 aliphatic carbocycles. The van der Waals surface area contributed by atoms with Crippen LogP contribution in [0.3, 0.4) is 0 Å². The summed E-state index contributed by atoms with van der Waals surface area (Å²) in [6.45, 7) is 14.4. The number of para-hydroxylation sites is 1. The molecule has 1 fully saturated rings. The molecule has 0 spiro atoms. The van der Waals surface area contributed by atoms with E-state index >= 15 is 0 Å². The third kappa shape index (κ3) is 14.7. The van der Waals surface area contributed by atoms with Crippen molar-refractivity contribution in [1.82, 2.24) is 50.2 Å². The van der Waals surface area contributed by atoms with E-state index in [1.54, 1.807) is 52.6 Å². The van der Waals surface area contributed by atoms with Crippen molar-refractivity contribution >= 4 is 78.9 Å². The van der Waals surface area contributed by atoms with Gasteiger partial charge >= 0.3 is 0 Å². The van der Waals surface area contributed by atoms with Gasteiger partial charge in [0.15, 0.2) is 0 Å². The summed E-state index contributed by atoms with van der Waals surface area (Å²) >= 11 is 4.90. The minimum atomic E-state index is 0.521. The maximum atomic E-state index is 5.86. The topological polar surface area (TPSA) is 180 Å². The Morgan fingerprint density at radius 3 is 1.51 bits per heavy atom. The highest BCUT2D eigenvalue weighted by Crippen LogP contribution is 2.32. The summed E-state index contributed by atoms with van der Waals surface area (Å²) in [6.07, 6.45) is 10.9. The molecule has 0 saturated carbocycles. The van der Waals surface area contributed by atoms with Crippen LogP contribution >= 0.6 is 34.0 Å². The molecular weight excluding hydrogens is 995 g/mol. The van der Waals surface area contributed by atoms with Crippen LogP contribution in [0.5, 0.6) is 11.5 Å². The van der Waals surface area contributed by atoms with Gasteiger partial charge in [-0.2, -0.15) is 0 Å². The molecule has 1 aliphatic rings. The van der Waals surface area contributed by atoms with Gasteiger partial charge in [-0.25, -0.2) is 44.9 Å². The first-order valence-corrected chi connectivity index (χ1v) is 26.7. The Labute approximate surface area is 449 Å². The summed E-state index contributed by atoms with van der Waals surface area (Å²) in [6, 6.07) is 35.7. The van der Waals surface area contributed by atoms with Crippen molar-refractivity contribution < 1.29 is 4.74 Å². The smallest absolute Gasteiger partial charge is 0.227 e. The van der Waals surface area contributed by atoms with Crippen molar-refractivity contribution in [3.05, 3.63) is 174 Å². The molecule has 4 aromatic carbocycles. The summed E-state index contributed by atoms with van der Waals surface area (Å²) in [5, 5.41) is 18.2. The predicted molar refractivity (Wildman–Crippen MR) is 308 cm³/mol. The molecule has 0 unspecified atom stereocenters. The molecule has 10 aromatic rings. The maximum absolute atomic E-state index is 5.86. The Morgan fingerprint density at radius 2 is 0.987 bits per heavy atom. The Hall–Kier alpha value is -8.23. The standard InChI is InChI=1S/C20H16N4OS.C19H22N6S.C17H19N5S/c1-14-13-22-19(26-14)18-10-11-21-20(24-18)23-15-6-5-9-17(12-15)25-16-7-3-2-4-8-16;1-13-9-14(2)11-15(10-13)23-19-21-4-3-16(24-19)18-22-12-17(26-18)25-7-5-20-6-8-25;1-11-7-12(2)9-13(8-11)20-17-18-6-5-14(21-17)16-19-10-15(23-16)22(3)4/h2-13H,1H3,(H,21,23,24);3-4,9-12,20H,5-8H2,1-2H3,(H,21,23,24);5-10H,1-4H3,(H,18,20,21). The van der Waals surface area contributed by atoms with Gasteiger partial charge in [0.1, 0.15) is 53.6 Å². The summed E-state index contributed by atoms with van der Waals surface area (Å²) in [5.74, 6) is 3.22. The van der Waals surface area contributed by atoms with E-state index in [9.17, 15) is 0 Å². The zero-order valence-electron chi connectivity index (χ0n) is 42.7. The number of hydrogen-bond acceptors (Lipinski definition) is 19. The minimum absolute atomic E-state index is 0.521. The summed E-state index contributed by atoms with van der Waals surface area (Å²) < 4.78 is 5.86. The van der Waals surface area contributed by atoms with Crippen LogP contribution in [0.4, 0.5) is 44.9 Å². The zero-order valence-corrected chi connectivity index (χ0v) is 45.2. The van der Waals surface area contributed by atoms with Crippen LogP contribution in [0.15, 0.2) is 146 Å². The molecule has 0 radical (unpaired) electrons. The molecular formula is C56H57N15OS3. The fraction of sp³-hybridized carbons (Fsp3) is 0.196. The van der Waals surface area contributed by atoms with Crippen molar-refractivity contribution in [3.8, 4) is 43.6 Å². The van der Waals surface area contributed by atoms with Crippen molar-refractivity contribution in [1.29, 1.82) is 0 Å². The number of aryl methyl sites for hydroxylation is 5. The molecule has 0 bridgehead atoms. The number of benzene rings is 4. The lowest BCUT2D eigenvalue weighted by Gasteiger charge is -2.27. The number of aromatic nitrogens is 9. The summed E-state index contributed by atoms with van der Waals surface area (Å²) in [5.41, 5.74) is 10.2. The first kappa shape index (κ1) is 51.7. The molecule has 4 N–H and O–H groups in total. The molecule has 7 heterocycles. The number of nitrogens with one attached hydrogen (secondary N) is 4. The second-order valence-corrected chi connectivity index (χ2v) is 21.0. The van der Waals surface area contributed by atoms with Crippen molar-refractivity contribution in [3.63, 3.8) is 0 Å². The van der Waals surface area contributed by atoms with Gasteiger partial charge in [0.25, 0.3) is 0 Å². The minimum Gasteiger partial charge on any atom is -0.457 e. The van der Waals surface area contributed by atoms with Gasteiger partial charge in [0.2, 0.25) is 17.8 Å². The van der Waals surface area contributed by atoms with E-state index in [1.807, 2.05) is 117 Å². The molecule has 16 nitrogen and oxygen atoms in total. The van der Waals surface area contributed by atoms with Crippen LogP contribution < -0.4 is 35.8 Å². The maximum Gasteiger partial charge on any atom is 0.227 e. The highest BCUT2D eigenvalue weighted by Gasteiger charge is 2.16. The molecule has 380 valence electrons. The van der Waals surface area contributed by atoms with Gasteiger partial charge in [-0.3, -0.25) is 0 Å². The second-order valence-electron chi connectivity index (χ2n) is 17.8. The second kappa shape index (κ2) is 24.7. The first-order valence-electron chi connectivity index (χ1n) is 24.2. The van der Waals surface area contributed by atoms with E-state index in [0.717, 1.165) is 96.7 Å². The Balaban J connectivity index is 0.000000138. The van der Waals surface area contributed by atoms with Gasteiger partial charge in [-0.05, 0) is 124 Å². The monoisotopic (exact) mass is 1050 g/mol.